The zero-order valence-electron chi connectivity index (χ0n) is 15.1. The van der Waals surface area contributed by atoms with Gasteiger partial charge in [-0.2, -0.15) is 0 Å². The minimum absolute atomic E-state index is 0.242. The molecule has 144 valence electrons. The molecule has 1 heterocycles. The molecule has 0 aliphatic carbocycles. The van der Waals surface area contributed by atoms with E-state index in [1.54, 1.807) is 18.2 Å². The van der Waals surface area contributed by atoms with Crippen LogP contribution in [0, 0.1) is 6.92 Å². The van der Waals surface area contributed by atoms with Crippen molar-refractivity contribution >= 4 is 17.6 Å². The highest BCUT2D eigenvalue weighted by atomic mass is 16.6. The van der Waals surface area contributed by atoms with E-state index in [9.17, 15) is 19.2 Å². The fourth-order valence-corrected chi connectivity index (χ4v) is 2.41. The Morgan fingerprint density at radius 2 is 1.96 bits per heavy atom. The second-order valence-corrected chi connectivity index (χ2v) is 5.86. The molecule has 2 rings (SSSR count). The van der Waals surface area contributed by atoms with Crippen molar-refractivity contribution in [3.05, 3.63) is 56.2 Å². The molecule has 0 aliphatic heterocycles. The van der Waals surface area contributed by atoms with Crippen LogP contribution in [0.15, 0.2) is 33.9 Å². The molecule has 1 aromatic carbocycles. The van der Waals surface area contributed by atoms with Crippen LogP contribution in [0.1, 0.15) is 29.3 Å². The average molecular weight is 375 g/mol. The van der Waals surface area contributed by atoms with Crippen LogP contribution >= 0.6 is 0 Å². The summed E-state index contributed by atoms with van der Waals surface area (Å²) in [6, 6.07) is 7.09. The smallest absolute Gasteiger partial charge is 0.344 e. The minimum atomic E-state index is -0.915. The SMILES string of the molecule is CCCn1c(N)c(C(=O)COC(=O)COc2cccc(C)c2)c(=O)[nH]c1=O. The maximum atomic E-state index is 12.2. The maximum absolute atomic E-state index is 12.2. The molecule has 0 radical (unpaired) electrons. The molecule has 0 saturated carbocycles. The number of H-pyrrole nitrogens is 1. The van der Waals surface area contributed by atoms with E-state index < -0.39 is 41.8 Å². The van der Waals surface area contributed by atoms with Gasteiger partial charge in [0, 0.05) is 6.54 Å². The van der Waals surface area contributed by atoms with Crippen molar-refractivity contribution in [1.82, 2.24) is 9.55 Å². The Kier molecular flexibility index (Phi) is 6.53. The number of hydrogen-bond acceptors (Lipinski definition) is 7. The molecule has 0 spiro atoms. The highest BCUT2D eigenvalue weighted by Crippen LogP contribution is 2.12. The first-order chi connectivity index (χ1) is 12.8. The van der Waals surface area contributed by atoms with Gasteiger partial charge >= 0.3 is 11.7 Å². The molecule has 2 aromatic rings. The van der Waals surface area contributed by atoms with Crippen molar-refractivity contribution in [2.24, 2.45) is 0 Å². The Labute approximate surface area is 154 Å². The van der Waals surface area contributed by atoms with E-state index in [1.165, 1.54) is 0 Å². The van der Waals surface area contributed by atoms with Crippen molar-refractivity contribution in [1.29, 1.82) is 0 Å². The number of nitrogens with one attached hydrogen (secondary N) is 1. The van der Waals surface area contributed by atoms with Crippen molar-refractivity contribution in [2.75, 3.05) is 18.9 Å². The van der Waals surface area contributed by atoms with Gasteiger partial charge in [-0.25, -0.2) is 9.59 Å². The number of nitrogens with two attached hydrogens (primary N) is 1. The molecule has 27 heavy (non-hydrogen) atoms. The number of benzene rings is 1. The van der Waals surface area contributed by atoms with Gasteiger partial charge in [0.15, 0.2) is 13.2 Å². The topological polar surface area (TPSA) is 133 Å². The number of ether oxygens (including phenoxy) is 2. The summed E-state index contributed by atoms with van der Waals surface area (Å²) < 4.78 is 11.2. The summed E-state index contributed by atoms with van der Waals surface area (Å²) >= 11 is 0. The van der Waals surface area contributed by atoms with E-state index in [0.717, 1.165) is 10.1 Å². The van der Waals surface area contributed by atoms with Crippen LogP contribution in [-0.2, 0) is 16.1 Å². The third kappa shape index (κ3) is 5.06. The number of aryl methyl sites for hydroxylation is 1. The summed E-state index contributed by atoms with van der Waals surface area (Å²) in [5.41, 5.74) is 4.73. The lowest BCUT2D eigenvalue weighted by Gasteiger charge is -2.11. The lowest BCUT2D eigenvalue weighted by Crippen LogP contribution is -2.37. The molecule has 0 fully saturated rings. The predicted molar refractivity (Wildman–Crippen MR) is 98.0 cm³/mol. The second-order valence-electron chi connectivity index (χ2n) is 5.86. The van der Waals surface area contributed by atoms with Crippen molar-refractivity contribution < 1.29 is 19.1 Å². The normalized spacial score (nSPS) is 10.4. The molecule has 0 unspecified atom stereocenters. The number of nitrogens with zero attached hydrogens (tertiary/aromatic N) is 1. The van der Waals surface area contributed by atoms with Gasteiger partial charge in [0.05, 0.1) is 0 Å². The molecule has 0 amide bonds. The highest BCUT2D eigenvalue weighted by Gasteiger charge is 2.20. The van der Waals surface area contributed by atoms with E-state index in [2.05, 4.69) is 0 Å². The summed E-state index contributed by atoms with van der Waals surface area (Å²) in [6.45, 7) is 2.86. The molecule has 0 aliphatic rings. The Morgan fingerprint density at radius 3 is 2.63 bits per heavy atom. The molecular formula is C18H21N3O6. The molecule has 3 N–H and O–H groups in total. The van der Waals surface area contributed by atoms with Crippen LogP contribution in [-0.4, -0.2) is 34.5 Å². The standard InChI is InChI=1S/C18H21N3O6/c1-3-7-21-16(19)15(17(24)20-18(21)25)13(22)9-27-14(23)10-26-12-6-4-5-11(2)8-12/h4-6,8H,3,7,9-10,19H2,1-2H3,(H,20,24,25). The number of carbonyl (C=O) groups excluding carboxylic acids is 2. The van der Waals surface area contributed by atoms with Crippen LogP contribution in [0.2, 0.25) is 0 Å². The van der Waals surface area contributed by atoms with Gasteiger partial charge in [-0.3, -0.25) is 19.1 Å². The highest BCUT2D eigenvalue weighted by molar-refractivity contribution is 6.01. The number of hydrogen-bond donors (Lipinski definition) is 2. The zero-order valence-corrected chi connectivity index (χ0v) is 15.1. The Hall–Kier alpha value is -3.36. The maximum Gasteiger partial charge on any atom is 0.344 e. The molecule has 0 saturated heterocycles. The van der Waals surface area contributed by atoms with Crippen LogP contribution in [0.3, 0.4) is 0 Å². The van der Waals surface area contributed by atoms with Gasteiger partial charge in [0.1, 0.15) is 17.1 Å². The van der Waals surface area contributed by atoms with E-state index in [4.69, 9.17) is 15.2 Å². The molecule has 1 aromatic heterocycles. The van der Waals surface area contributed by atoms with E-state index in [-0.39, 0.29) is 12.4 Å². The van der Waals surface area contributed by atoms with Crippen LogP contribution in [0.5, 0.6) is 5.75 Å². The quantitative estimate of drug-likeness (QED) is 0.511. The number of rotatable bonds is 8. The third-order valence-corrected chi connectivity index (χ3v) is 3.68. The number of aromatic amines is 1. The Bertz CT molecular complexity index is 960. The summed E-state index contributed by atoms with van der Waals surface area (Å²) in [5.74, 6) is -1.34. The number of aromatic nitrogens is 2. The Morgan fingerprint density at radius 1 is 1.22 bits per heavy atom. The number of ketones is 1. The first-order valence-corrected chi connectivity index (χ1v) is 8.34. The second kappa shape index (κ2) is 8.84. The van der Waals surface area contributed by atoms with E-state index >= 15 is 0 Å². The summed E-state index contributed by atoms with van der Waals surface area (Å²) in [5, 5.41) is 0. The van der Waals surface area contributed by atoms with Gasteiger partial charge < -0.3 is 15.2 Å². The molecule has 9 nitrogen and oxygen atoms in total. The molecule has 0 bridgehead atoms. The van der Waals surface area contributed by atoms with Gasteiger partial charge in [-0.15, -0.1) is 0 Å². The first kappa shape index (κ1) is 20.0. The summed E-state index contributed by atoms with van der Waals surface area (Å²) in [7, 11) is 0. The van der Waals surface area contributed by atoms with E-state index in [0.29, 0.717) is 12.2 Å². The number of anilines is 1. The first-order valence-electron chi connectivity index (χ1n) is 8.34. The molecule has 9 heteroatoms. The van der Waals surface area contributed by atoms with Crippen LogP contribution in [0.25, 0.3) is 0 Å². The number of Topliss-reactive ketones (excluding diaryl/α,β-unsaturated/α-hetero) is 1. The fraction of sp³-hybridized carbons (Fsp3) is 0.333. The monoisotopic (exact) mass is 375 g/mol. The zero-order chi connectivity index (χ0) is 20.0. The lowest BCUT2D eigenvalue weighted by atomic mass is 10.2. The third-order valence-electron chi connectivity index (χ3n) is 3.68. The fourth-order valence-electron chi connectivity index (χ4n) is 2.41. The van der Waals surface area contributed by atoms with Crippen molar-refractivity contribution in [3.8, 4) is 5.75 Å². The Balaban J connectivity index is 2.01. The van der Waals surface area contributed by atoms with E-state index in [1.807, 2.05) is 24.9 Å². The lowest BCUT2D eigenvalue weighted by molar-refractivity contribution is -0.144. The van der Waals surface area contributed by atoms with Crippen molar-refractivity contribution in [3.63, 3.8) is 0 Å². The van der Waals surface area contributed by atoms with Gasteiger partial charge in [-0.05, 0) is 31.0 Å². The summed E-state index contributed by atoms with van der Waals surface area (Å²) in [4.78, 5) is 49.7. The van der Waals surface area contributed by atoms with Crippen LogP contribution in [0.4, 0.5) is 5.82 Å². The molecular weight excluding hydrogens is 354 g/mol. The minimum Gasteiger partial charge on any atom is -0.482 e. The average Bonchev–Trinajstić information content (AvgIpc) is 2.61. The van der Waals surface area contributed by atoms with Crippen molar-refractivity contribution in [2.45, 2.75) is 26.8 Å². The number of nitrogen functional groups attached to an aromatic ring is 1. The number of carbonyl (C=O) groups is 2. The van der Waals surface area contributed by atoms with Gasteiger partial charge in [-0.1, -0.05) is 19.1 Å². The van der Waals surface area contributed by atoms with Gasteiger partial charge in [0.2, 0.25) is 5.78 Å². The van der Waals surface area contributed by atoms with Crippen LogP contribution < -0.4 is 21.7 Å². The number of esters is 1. The summed E-state index contributed by atoms with van der Waals surface area (Å²) in [6.07, 6.45) is 0.578. The molecule has 0 atom stereocenters. The van der Waals surface area contributed by atoms with Gasteiger partial charge in [0.25, 0.3) is 5.56 Å². The largest absolute Gasteiger partial charge is 0.482 e. The predicted octanol–water partition coefficient (Wildman–Crippen LogP) is 0.642.